The molecular weight excluding hydrogens is 455 g/mol. The molecule has 5 rings (SSSR count). The summed E-state index contributed by atoms with van der Waals surface area (Å²) in [5.74, 6) is 1.16. The highest BCUT2D eigenvalue weighted by molar-refractivity contribution is 5.93. The summed E-state index contributed by atoms with van der Waals surface area (Å²) in [5, 5.41) is 8.58. The van der Waals surface area contributed by atoms with Crippen molar-refractivity contribution in [2.75, 3.05) is 31.1 Å². The first kappa shape index (κ1) is 22.2. The topological polar surface area (TPSA) is 122 Å². The van der Waals surface area contributed by atoms with Crippen LogP contribution in [0.15, 0.2) is 64.6 Å². The van der Waals surface area contributed by atoms with Gasteiger partial charge in [-0.3, -0.25) is 14.2 Å². The number of halogens is 1. The van der Waals surface area contributed by atoms with Gasteiger partial charge in [-0.05, 0) is 43.3 Å². The zero-order valence-corrected chi connectivity index (χ0v) is 18.8. The number of amides is 1. The second-order valence-electron chi connectivity index (χ2n) is 8.00. The summed E-state index contributed by atoms with van der Waals surface area (Å²) in [6.45, 7) is 3.59. The summed E-state index contributed by atoms with van der Waals surface area (Å²) in [5.41, 5.74) is -1.47. The Morgan fingerprint density at radius 1 is 0.971 bits per heavy atom. The zero-order chi connectivity index (χ0) is 24.5. The van der Waals surface area contributed by atoms with Gasteiger partial charge >= 0.3 is 5.69 Å². The molecule has 1 fully saturated rings. The van der Waals surface area contributed by atoms with Crippen molar-refractivity contribution in [3.63, 3.8) is 0 Å². The molecule has 11 nitrogen and oxygen atoms in total. The monoisotopic (exact) mass is 476 g/mol. The van der Waals surface area contributed by atoms with Gasteiger partial charge in [-0.25, -0.2) is 18.7 Å². The second-order valence-corrected chi connectivity index (χ2v) is 8.00. The third-order valence-corrected chi connectivity index (χ3v) is 5.89. The normalized spacial score (nSPS) is 13.8. The fourth-order valence-corrected chi connectivity index (χ4v) is 4.00. The van der Waals surface area contributed by atoms with Crippen LogP contribution in [-0.4, -0.2) is 66.3 Å². The van der Waals surface area contributed by atoms with E-state index in [1.807, 2.05) is 34.7 Å². The maximum atomic E-state index is 13.3. The molecule has 1 aliphatic heterocycles. The summed E-state index contributed by atoms with van der Waals surface area (Å²) in [6.07, 6.45) is 4.63. The number of hydrogen-bond acceptors (Lipinski definition) is 7. The average molecular weight is 476 g/mol. The standard InChI is InChI=1S/C23H21FN8O3/c1-15-25-8-9-31(15)20-7-6-19(27-28-20)29-10-12-30(13-11-29)21(33)18-14-26-23(35)32(22(18)34)17-4-2-16(24)3-5-17/h2-9,14H,10-13H2,1H3,(H,26,35). The van der Waals surface area contributed by atoms with Crippen LogP contribution in [0.2, 0.25) is 0 Å². The third kappa shape index (κ3) is 4.21. The summed E-state index contributed by atoms with van der Waals surface area (Å²) in [7, 11) is 0. The lowest BCUT2D eigenvalue weighted by atomic mass is 10.2. The SMILES string of the molecule is Cc1nccn1-c1ccc(N2CCN(C(=O)c3c[nH]c(=O)n(-c4ccc(F)cc4)c3=O)CC2)nn1. The highest BCUT2D eigenvalue weighted by atomic mass is 19.1. The van der Waals surface area contributed by atoms with Gasteiger partial charge in [0, 0.05) is 44.8 Å². The lowest BCUT2D eigenvalue weighted by molar-refractivity contribution is 0.0743. The Morgan fingerprint density at radius 3 is 2.29 bits per heavy atom. The second kappa shape index (κ2) is 8.97. The molecule has 0 bridgehead atoms. The van der Waals surface area contributed by atoms with Crippen molar-refractivity contribution >= 4 is 11.7 Å². The van der Waals surface area contributed by atoms with Gasteiger partial charge in [-0.1, -0.05) is 0 Å². The van der Waals surface area contributed by atoms with Crippen LogP contribution in [0.5, 0.6) is 0 Å². The van der Waals surface area contributed by atoms with Gasteiger partial charge in [0.15, 0.2) is 11.6 Å². The predicted octanol–water partition coefficient (Wildman–Crippen LogP) is 0.911. The Hall–Kier alpha value is -4.61. The Balaban J connectivity index is 1.30. The first-order valence-electron chi connectivity index (χ1n) is 10.9. The maximum absolute atomic E-state index is 13.3. The first-order valence-corrected chi connectivity index (χ1v) is 10.9. The van der Waals surface area contributed by atoms with Crippen LogP contribution in [0.1, 0.15) is 16.2 Å². The number of aromatic amines is 1. The summed E-state index contributed by atoms with van der Waals surface area (Å²) in [6, 6.07) is 8.61. The Morgan fingerprint density at radius 2 is 1.66 bits per heavy atom. The lowest BCUT2D eigenvalue weighted by Gasteiger charge is -2.35. The molecule has 178 valence electrons. The molecule has 1 N–H and O–H groups in total. The van der Waals surface area contributed by atoms with Gasteiger partial charge in [-0.2, -0.15) is 0 Å². The number of nitrogens with zero attached hydrogens (tertiary/aromatic N) is 7. The largest absolute Gasteiger partial charge is 0.352 e. The van der Waals surface area contributed by atoms with Crippen LogP contribution in [0, 0.1) is 12.7 Å². The minimum absolute atomic E-state index is 0.165. The molecule has 0 spiro atoms. The van der Waals surface area contributed by atoms with Crippen LogP contribution in [0.3, 0.4) is 0 Å². The van der Waals surface area contributed by atoms with E-state index in [1.54, 1.807) is 11.1 Å². The molecule has 1 aliphatic rings. The van der Waals surface area contributed by atoms with E-state index in [1.165, 1.54) is 12.1 Å². The number of nitrogens with one attached hydrogen (secondary N) is 1. The molecule has 1 amide bonds. The maximum Gasteiger partial charge on any atom is 0.333 e. The van der Waals surface area contributed by atoms with E-state index in [9.17, 15) is 18.8 Å². The lowest BCUT2D eigenvalue weighted by Crippen LogP contribution is -2.50. The molecular formula is C23H21FN8O3. The molecule has 0 aliphatic carbocycles. The zero-order valence-electron chi connectivity index (χ0n) is 18.8. The van der Waals surface area contributed by atoms with E-state index in [4.69, 9.17) is 0 Å². The van der Waals surface area contributed by atoms with E-state index >= 15 is 0 Å². The third-order valence-electron chi connectivity index (χ3n) is 5.89. The van der Waals surface area contributed by atoms with Crippen molar-refractivity contribution < 1.29 is 9.18 Å². The minimum atomic E-state index is -0.760. The van der Waals surface area contributed by atoms with Crippen LogP contribution >= 0.6 is 0 Å². The number of H-pyrrole nitrogens is 1. The van der Waals surface area contributed by atoms with Gasteiger partial charge in [0.05, 0.1) is 5.69 Å². The molecule has 35 heavy (non-hydrogen) atoms. The number of carbonyl (C=O) groups excluding carboxylic acids is 1. The number of carbonyl (C=O) groups is 1. The van der Waals surface area contributed by atoms with Gasteiger partial charge in [0.1, 0.15) is 17.2 Å². The first-order chi connectivity index (χ1) is 16.9. The van der Waals surface area contributed by atoms with Crippen molar-refractivity contribution in [2.45, 2.75) is 6.92 Å². The molecule has 3 aromatic heterocycles. The van der Waals surface area contributed by atoms with Gasteiger partial charge < -0.3 is 14.8 Å². The Kier molecular flexibility index (Phi) is 5.69. The Bertz CT molecular complexity index is 1480. The summed E-state index contributed by atoms with van der Waals surface area (Å²) >= 11 is 0. The summed E-state index contributed by atoms with van der Waals surface area (Å²) < 4.78 is 15.9. The van der Waals surface area contributed by atoms with E-state index in [2.05, 4.69) is 20.2 Å². The number of imidazole rings is 1. The van der Waals surface area contributed by atoms with Crippen molar-refractivity contribution in [3.05, 3.63) is 93.0 Å². The van der Waals surface area contributed by atoms with Crippen molar-refractivity contribution in [1.82, 2.24) is 34.2 Å². The molecule has 4 heterocycles. The molecule has 0 radical (unpaired) electrons. The van der Waals surface area contributed by atoms with E-state index < -0.39 is 23.0 Å². The number of aryl methyl sites for hydroxylation is 1. The van der Waals surface area contributed by atoms with E-state index in [0.29, 0.717) is 37.8 Å². The fraction of sp³-hybridized carbons (Fsp3) is 0.217. The number of rotatable bonds is 4. The number of hydrogen-bond donors (Lipinski definition) is 1. The molecule has 0 unspecified atom stereocenters. The van der Waals surface area contributed by atoms with Crippen LogP contribution in [0.4, 0.5) is 10.2 Å². The van der Waals surface area contributed by atoms with Crippen LogP contribution in [0.25, 0.3) is 11.5 Å². The highest BCUT2D eigenvalue weighted by Crippen LogP contribution is 2.16. The molecule has 1 saturated heterocycles. The quantitative estimate of drug-likeness (QED) is 0.465. The number of aromatic nitrogens is 6. The predicted molar refractivity (Wildman–Crippen MR) is 125 cm³/mol. The minimum Gasteiger partial charge on any atom is -0.352 e. The molecule has 1 aromatic carbocycles. The number of benzene rings is 1. The highest BCUT2D eigenvalue weighted by Gasteiger charge is 2.26. The van der Waals surface area contributed by atoms with Gasteiger partial charge in [-0.15, -0.1) is 10.2 Å². The molecule has 12 heteroatoms. The fourth-order valence-electron chi connectivity index (χ4n) is 4.00. The molecule has 0 saturated carbocycles. The smallest absolute Gasteiger partial charge is 0.333 e. The van der Waals surface area contributed by atoms with Crippen LogP contribution < -0.4 is 16.1 Å². The van der Waals surface area contributed by atoms with Crippen molar-refractivity contribution in [3.8, 4) is 11.5 Å². The van der Waals surface area contributed by atoms with Crippen molar-refractivity contribution in [2.24, 2.45) is 0 Å². The molecule has 4 aromatic rings. The summed E-state index contributed by atoms with van der Waals surface area (Å²) in [4.78, 5) is 48.5. The van der Waals surface area contributed by atoms with E-state index in [-0.39, 0.29) is 11.3 Å². The number of piperazine rings is 1. The molecule has 0 atom stereocenters. The van der Waals surface area contributed by atoms with Gasteiger partial charge in [0.2, 0.25) is 0 Å². The average Bonchev–Trinajstić information content (AvgIpc) is 3.31. The Labute approximate surface area is 198 Å². The van der Waals surface area contributed by atoms with Gasteiger partial charge in [0.25, 0.3) is 11.5 Å². The van der Waals surface area contributed by atoms with Crippen molar-refractivity contribution in [1.29, 1.82) is 0 Å². The van der Waals surface area contributed by atoms with Crippen LogP contribution in [-0.2, 0) is 0 Å². The number of anilines is 1. The van der Waals surface area contributed by atoms with E-state index in [0.717, 1.165) is 28.7 Å².